The summed E-state index contributed by atoms with van der Waals surface area (Å²) in [5.74, 6) is 0.173. The number of ether oxygens (including phenoxy) is 1. The molecule has 1 aliphatic rings. The smallest absolute Gasteiger partial charge is 0.227 e. The van der Waals surface area contributed by atoms with Crippen LogP contribution < -0.4 is 5.73 Å². The molecule has 0 bridgehead atoms. The van der Waals surface area contributed by atoms with Crippen LogP contribution >= 0.6 is 0 Å². The maximum absolute atomic E-state index is 12.2. The fraction of sp³-hybridized carbons (Fsp3) is 0.500. The van der Waals surface area contributed by atoms with E-state index in [1.807, 2.05) is 35.2 Å². The molecule has 4 nitrogen and oxygen atoms in total. The van der Waals surface area contributed by atoms with E-state index in [0.717, 1.165) is 12.0 Å². The zero-order valence-electron chi connectivity index (χ0n) is 10.5. The van der Waals surface area contributed by atoms with Gasteiger partial charge in [-0.3, -0.25) is 4.79 Å². The molecule has 1 heterocycles. The minimum atomic E-state index is 0.100. The predicted molar refractivity (Wildman–Crippen MR) is 70.1 cm³/mol. The Morgan fingerprint density at radius 1 is 1.39 bits per heavy atom. The number of hydrogen-bond donors (Lipinski definition) is 1. The van der Waals surface area contributed by atoms with E-state index in [2.05, 4.69) is 0 Å². The molecule has 0 aliphatic carbocycles. The molecule has 0 radical (unpaired) electrons. The van der Waals surface area contributed by atoms with Crippen molar-refractivity contribution in [3.8, 4) is 0 Å². The van der Waals surface area contributed by atoms with Crippen molar-refractivity contribution in [1.82, 2.24) is 4.90 Å². The highest BCUT2D eigenvalue weighted by atomic mass is 16.5. The Balaban J connectivity index is 1.88. The van der Waals surface area contributed by atoms with Gasteiger partial charge in [0, 0.05) is 13.1 Å². The predicted octanol–water partition coefficient (Wildman–Crippen LogP) is 0.805. The van der Waals surface area contributed by atoms with E-state index in [1.165, 1.54) is 0 Å². The molecule has 1 aromatic carbocycles. The highest BCUT2D eigenvalue weighted by Crippen LogP contribution is 2.10. The zero-order valence-corrected chi connectivity index (χ0v) is 10.5. The third kappa shape index (κ3) is 3.55. The quantitative estimate of drug-likeness (QED) is 0.857. The van der Waals surface area contributed by atoms with Crippen LogP contribution in [0.5, 0.6) is 0 Å². The fourth-order valence-electron chi connectivity index (χ4n) is 2.19. The van der Waals surface area contributed by atoms with Gasteiger partial charge in [-0.25, -0.2) is 0 Å². The Labute approximate surface area is 108 Å². The normalized spacial score (nSPS) is 19.8. The second-order valence-corrected chi connectivity index (χ2v) is 4.57. The first-order valence-corrected chi connectivity index (χ1v) is 6.43. The minimum Gasteiger partial charge on any atom is -0.374 e. The van der Waals surface area contributed by atoms with Gasteiger partial charge in [0.1, 0.15) is 0 Å². The number of carbonyl (C=O) groups is 1. The average Bonchev–Trinajstić information content (AvgIpc) is 2.40. The molecule has 2 N–H and O–H groups in total. The van der Waals surface area contributed by atoms with Crippen LogP contribution in [-0.4, -0.2) is 43.2 Å². The standard InChI is InChI=1S/C14H20N2O2/c15-7-6-13-11-16(8-9-18-13)14(17)10-12-4-2-1-3-5-12/h1-5,13H,6-11,15H2. The molecule has 18 heavy (non-hydrogen) atoms. The van der Waals surface area contributed by atoms with Gasteiger partial charge in [0.05, 0.1) is 19.1 Å². The summed E-state index contributed by atoms with van der Waals surface area (Å²) in [4.78, 5) is 14.0. The van der Waals surface area contributed by atoms with Crippen molar-refractivity contribution >= 4 is 5.91 Å². The number of nitrogens with zero attached hydrogens (tertiary/aromatic N) is 1. The van der Waals surface area contributed by atoms with Gasteiger partial charge in [0.15, 0.2) is 0 Å². The Morgan fingerprint density at radius 3 is 2.89 bits per heavy atom. The summed E-state index contributed by atoms with van der Waals surface area (Å²) in [7, 11) is 0. The van der Waals surface area contributed by atoms with Crippen molar-refractivity contribution in [2.75, 3.05) is 26.2 Å². The molecule has 1 aliphatic heterocycles. The van der Waals surface area contributed by atoms with Crippen LogP contribution in [0.15, 0.2) is 30.3 Å². The molecular weight excluding hydrogens is 228 g/mol. The molecule has 2 rings (SSSR count). The van der Waals surface area contributed by atoms with Gasteiger partial charge >= 0.3 is 0 Å². The van der Waals surface area contributed by atoms with Crippen LogP contribution in [0.4, 0.5) is 0 Å². The Bertz CT molecular complexity index is 379. The molecule has 98 valence electrons. The van der Waals surface area contributed by atoms with Crippen LogP contribution in [0.25, 0.3) is 0 Å². The van der Waals surface area contributed by atoms with E-state index < -0.39 is 0 Å². The van der Waals surface area contributed by atoms with E-state index in [0.29, 0.717) is 32.7 Å². The lowest BCUT2D eigenvalue weighted by atomic mass is 10.1. The lowest BCUT2D eigenvalue weighted by molar-refractivity contribution is -0.138. The van der Waals surface area contributed by atoms with E-state index in [4.69, 9.17) is 10.5 Å². The van der Waals surface area contributed by atoms with Crippen LogP contribution in [0.3, 0.4) is 0 Å². The third-order valence-electron chi connectivity index (χ3n) is 3.18. The Kier molecular flexibility index (Phi) is 4.73. The average molecular weight is 248 g/mol. The SMILES string of the molecule is NCCC1CN(C(=O)Cc2ccccc2)CCO1. The number of morpholine rings is 1. The number of nitrogens with two attached hydrogens (primary N) is 1. The van der Waals surface area contributed by atoms with Crippen molar-refractivity contribution in [1.29, 1.82) is 0 Å². The second kappa shape index (κ2) is 6.52. The summed E-state index contributed by atoms with van der Waals surface area (Å²) in [6, 6.07) is 9.84. The summed E-state index contributed by atoms with van der Waals surface area (Å²) in [6.07, 6.45) is 1.38. The van der Waals surface area contributed by atoms with Crippen molar-refractivity contribution in [3.05, 3.63) is 35.9 Å². The molecule has 1 aromatic rings. The van der Waals surface area contributed by atoms with E-state index in [-0.39, 0.29) is 12.0 Å². The van der Waals surface area contributed by atoms with E-state index in [1.54, 1.807) is 0 Å². The molecule has 0 saturated carbocycles. The van der Waals surface area contributed by atoms with Crippen LogP contribution in [0.2, 0.25) is 0 Å². The molecule has 1 saturated heterocycles. The number of rotatable bonds is 4. The van der Waals surface area contributed by atoms with Crippen LogP contribution in [0, 0.1) is 0 Å². The summed E-state index contributed by atoms with van der Waals surface area (Å²) in [6.45, 7) is 2.58. The maximum atomic E-state index is 12.2. The first-order chi connectivity index (χ1) is 8.79. The molecule has 0 spiro atoms. The van der Waals surface area contributed by atoms with Crippen molar-refractivity contribution in [2.45, 2.75) is 18.9 Å². The Morgan fingerprint density at radius 2 is 2.17 bits per heavy atom. The lowest BCUT2D eigenvalue weighted by Gasteiger charge is -2.33. The number of benzene rings is 1. The molecule has 1 atom stereocenters. The van der Waals surface area contributed by atoms with Crippen LogP contribution in [-0.2, 0) is 16.0 Å². The van der Waals surface area contributed by atoms with Crippen LogP contribution in [0.1, 0.15) is 12.0 Å². The minimum absolute atomic E-state index is 0.100. The lowest BCUT2D eigenvalue weighted by Crippen LogP contribution is -2.46. The first-order valence-electron chi connectivity index (χ1n) is 6.43. The summed E-state index contributed by atoms with van der Waals surface area (Å²) < 4.78 is 5.58. The topological polar surface area (TPSA) is 55.6 Å². The van der Waals surface area contributed by atoms with Crippen molar-refractivity contribution in [2.24, 2.45) is 5.73 Å². The highest BCUT2D eigenvalue weighted by Gasteiger charge is 2.23. The van der Waals surface area contributed by atoms with Gasteiger partial charge in [0.2, 0.25) is 5.91 Å². The number of hydrogen-bond acceptors (Lipinski definition) is 3. The largest absolute Gasteiger partial charge is 0.374 e. The molecule has 1 amide bonds. The van der Waals surface area contributed by atoms with Gasteiger partial charge in [-0.1, -0.05) is 30.3 Å². The zero-order chi connectivity index (χ0) is 12.8. The summed E-state index contributed by atoms with van der Waals surface area (Å²) >= 11 is 0. The molecule has 1 fully saturated rings. The van der Waals surface area contributed by atoms with Crippen molar-refractivity contribution < 1.29 is 9.53 Å². The monoisotopic (exact) mass is 248 g/mol. The van der Waals surface area contributed by atoms with E-state index >= 15 is 0 Å². The van der Waals surface area contributed by atoms with Crippen molar-refractivity contribution in [3.63, 3.8) is 0 Å². The second-order valence-electron chi connectivity index (χ2n) is 4.57. The van der Waals surface area contributed by atoms with Gasteiger partial charge < -0.3 is 15.4 Å². The van der Waals surface area contributed by atoms with Gasteiger partial charge in [-0.05, 0) is 18.5 Å². The van der Waals surface area contributed by atoms with Gasteiger partial charge in [0.25, 0.3) is 0 Å². The van der Waals surface area contributed by atoms with E-state index in [9.17, 15) is 4.79 Å². The number of amides is 1. The highest BCUT2D eigenvalue weighted by molar-refractivity contribution is 5.78. The maximum Gasteiger partial charge on any atom is 0.227 e. The van der Waals surface area contributed by atoms with Gasteiger partial charge in [-0.15, -0.1) is 0 Å². The Hall–Kier alpha value is -1.39. The summed E-state index contributed by atoms with van der Waals surface area (Å²) in [5.41, 5.74) is 6.58. The molecule has 1 unspecified atom stereocenters. The molecule has 4 heteroatoms. The summed E-state index contributed by atoms with van der Waals surface area (Å²) in [5, 5.41) is 0. The fourth-order valence-corrected chi connectivity index (χ4v) is 2.19. The molecular formula is C14H20N2O2. The molecule has 0 aromatic heterocycles. The third-order valence-corrected chi connectivity index (χ3v) is 3.18. The number of carbonyl (C=O) groups excluding carboxylic acids is 1. The van der Waals surface area contributed by atoms with Gasteiger partial charge in [-0.2, -0.15) is 0 Å². The first kappa shape index (κ1) is 13.1.